The molecule has 11 heteroatoms. The second-order valence-electron chi connectivity index (χ2n) is 14.9. The first-order valence-electron chi connectivity index (χ1n) is 14.8. The molecule has 2 aromatic rings. The molecule has 0 N–H and O–H groups in total. The van der Waals surface area contributed by atoms with Crippen LogP contribution in [0.1, 0.15) is 77.4 Å². The van der Waals surface area contributed by atoms with Gasteiger partial charge in [-0.2, -0.15) is 8.96 Å². The highest BCUT2D eigenvalue weighted by Gasteiger charge is 2.61. The van der Waals surface area contributed by atoms with Gasteiger partial charge in [0.05, 0.1) is 18.9 Å². The molecular weight excluding hydrogens is 572 g/mol. The van der Waals surface area contributed by atoms with Crippen molar-refractivity contribution in [1.29, 1.82) is 0 Å². The van der Waals surface area contributed by atoms with E-state index in [2.05, 4.69) is 67.7 Å². The van der Waals surface area contributed by atoms with Crippen LogP contribution in [0.25, 0.3) is 0 Å². The lowest BCUT2D eigenvalue weighted by molar-refractivity contribution is -0.136. The summed E-state index contributed by atoms with van der Waals surface area (Å²) in [6.07, 6.45) is 1.63. The number of carbonyl (C=O) groups excluding carboxylic acids is 1. The van der Waals surface area contributed by atoms with Gasteiger partial charge in [0, 0.05) is 12.0 Å². The fourth-order valence-corrected chi connectivity index (χ4v) is 7.31. The molecule has 3 atom stereocenters. The minimum atomic E-state index is -2.32. The number of carbonyl (C=O) groups is 1. The Kier molecular flexibility index (Phi) is 8.62. The zero-order valence-corrected chi connectivity index (χ0v) is 28.7. The highest BCUT2D eigenvalue weighted by molar-refractivity contribution is 6.74. The number of rotatable bonds is 8. The van der Waals surface area contributed by atoms with Crippen LogP contribution >= 0.6 is 0 Å². The van der Waals surface area contributed by atoms with E-state index in [-0.39, 0.29) is 28.0 Å². The Balaban J connectivity index is 1.80. The predicted molar refractivity (Wildman–Crippen MR) is 167 cm³/mol. The van der Waals surface area contributed by atoms with Gasteiger partial charge in [0.2, 0.25) is 5.82 Å². The van der Waals surface area contributed by atoms with Crippen molar-refractivity contribution < 1.29 is 22.8 Å². The van der Waals surface area contributed by atoms with E-state index in [1.165, 1.54) is 12.1 Å². The molecule has 8 nitrogen and oxygen atoms in total. The number of nitrogens with zero attached hydrogens (tertiary/aromatic N) is 2. The molecule has 0 unspecified atom stereocenters. The Labute approximate surface area is 250 Å². The van der Waals surface area contributed by atoms with Crippen LogP contribution in [0.4, 0.5) is 4.39 Å². The second kappa shape index (κ2) is 11.1. The number of ether oxygens (including phenoxy) is 1. The van der Waals surface area contributed by atoms with Crippen LogP contribution in [-0.2, 0) is 13.6 Å². The number of benzene rings is 1. The van der Waals surface area contributed by atoms with Gasteiger partial charge in [0.1, 0.15) is 11.8 Å². The zero-order chi connectivity index (χ0) is 31.5. The van der Waals surface area contributed by atoms with Crippen molar-refractivity contribution in [1.82, 2.24) is 9.13 Å². The topological polar surface area (TPSA) is 88.8 Å². The van der Waals surface area contributed by atoms with E-state index in [0.717, 1.165) is 23.6 Å². The van der Waals surface area contributed by atoms with Crippen molar-refractivity contribution in [3.8, 4) is 0 Å². The lowest BCUT2D eigenvalue weighted by Gasteiger charge is -2.45. The normalized spacial score (nSPS) is 23.8. The van der Waals surface area contributed by atoms with Gasteiger partial charge in [-0.15, -0.1) is 0 Å². The van der Waals surface area contributed by atoms with Gasteiger partial charge in [-0.1, -0.05) is 59.7 Å². The summed E-state index contributed by atoms with van der Waals surface area (Å²) in [6, 6.07) is 7.90. The van der Waals surface area contributed by atoms with E-state index in [1.807, 2.05) is 0 Å². The maximum absolute atomic E-state index is 15.1. The van der Waals surface area contributed by atoms with Crippen molar-refractivity contribution in [3.63, 3.8) is 0 Å². The lowest BCUT2D eigenvalue weighted by Crippen LogP contribution is -2.56. The smallest absolute Gasteiger partial charge is 0.340 e. The molecule has 1 aliphatic carbocycles. The standard InChI is InChI=1S/C31H47FN2O6Si2/c1-29(2,3)41(7,8)38-20-31(22-16-17-22)24(40-42(9,10)30(4,5)6)18-25(39-31)33-19-23(32)27(36)34(28(33)37)26(35)21-14-12-11-13-15-21/h11-15,19,22,24-25H,16-18,20H2,1-10H3/t24-,25+,31-/m0/s1. The predicted octanol–water partition coefficient (Wildman–Crippen LogP) is 6.32. The van der Waals surface area contributed by atoms with Crippen molar-refractivity contribution in [3.05, 3.63) is 68.7 Å². The Morgan fingerprint density at radius 1 is 1.00 bits per heavy atom. The fourth-order valence-electron chi connectivity index (χ4n) is 4.93. The molecule has 2 fully saturated rings. The molecule has 1 aromatic heterocycles. The molecule has 0 radical (unpaired) electrons. The summed E-state index contributed by atoms with van der Waals surface area (Å²) in [6.45, 7) is 22.1. The summed E-state index contributed by atoms with van der Waals surface area (Å²) >= 11 is 0. The molecule has 1 aliphatic heterocycles. The summed E-state index contributed by atoms with van der Waals surface area (Å²) in [5.74, 6) is -1.94. The number of halogens is 1. The summed E-state index contributed by atoms with van der Waals surface area (Å²) in [7, 11) is -4.52. The van der Waals surface area contributed by atoms with Crippen LogP contribution in [0.15, 0.2) is 46.1 Å². The Bertz CT molecular complexity index is 1440. The first-order valence-corrected chi connectivity index (χ1v) is 20.7. The molecule has 2 aliphatic rings. The Morgan fingerprint density at radius 3 is 2.10 bits per heavy atom. The van der Waals surface area contributed by atoms with E-state index >= 15 is 4.39 Å². The van der Waals surface area contributed by atoms with Crippen LogP contribution in [0.5, 0.6) is 0 Å². The molecule has 4 rings (SSSR count). The fraction of sp³-hybridized carbons (Fsp3) is 0.645. The van der Waals surface area contributed by atoms with E-state index in [9.17, 15) is 14.4 Å². The van der Waals surface area contributed by atoms with E-state index in [0.29, 0.717) is 11.2 Å². The van der Waals surface area contributed by atoms with Crippen molar-refractivity contribution in [2.45, 2.75) is 115 Å². The molecule has 0 spiro atoms. The van der Waals surface area contributed by atoms with Gasteiger partial charge in [-0.25, -0.2) is 4.79 Å². The third kappa shape index (κ3) is 6.08. The van der Waals surface area contributed by atoms with Crippen LogP contribution in [-0.4, -0.2) is 50.0 Å². The molecule has 0 bridgehead atoms. The second-order valence-corrected chi connectivity index (χ2v) is 24.5. The summed E-state index contributed by atoms with van der Waals surface area (Å²) in [5, 5.41) is -0.113. The van der Waals surface area contributed by atoms with Gasteiger partial charge < -0.3 is 13.6 Å². The highest BCUT2D eigenvalue weighted by atomic mass is 28.4. The number of hydrogen-bond donors (Lipinski definition) is 0. The Hall–Kier alpha value is -2.19. The molecule has 2 heterocycles. The molecule has 0 amide bonds. The average Bonchev–Trinajstić information content (AvgIpc) is 3.67. The third-order valence-corrected chi connectivity index (χ3v) is 18.9. The molecule has 1 aromatic carbocycles. The monoisotopic (exact) mass is 618 g/mol. The number of aromatic nitrogens is 2. The minimum absolute atomic E-state index is 0.0289. The third-order valence-electron chi connectivity index (χ3n) is 9.90. The highest BCUT2D eigenvalue weighted by Crippen LogP contribution is 2.54. The van der Waals surface area contributed by atoms with Crippen LogP contribution < -0.4 is 11.2 Å². The zero-order valence-electron chi connectivity index (χ0n) is 26.7. The van der Waals surface area contributed by atoms with Gasteiger partial charge in [-0.05, 0) is 67.2 Å². The molecule has 1 saturated carbocycles. The summed E-state index contributed by atoms with van der Waals surface area (Å²) in [5.41, 5.74) is -2.97. The lowest BCUT2D eigenvalue weighted by atomic mass is 9.92. The van der Waals surface area contributed by atoms with Gasteiger partial charge in [0.15, 0.2) is 16.6 Å². The van der Waals surface area contributed by atoms with E-state index in [4.69, 9.17) is 13.6 Å². The van der Waals surface area contributed by atoms with E-state index in [1.54, 1.807) is 18.2 Å². The molecule has 1 saturated heterocycles. The minimum Gasteiger partial charge on any atom is -0.414 e. The van der Waals surface area contributed by atoms with Crippen molar-refractivity contribution in [2.24, 2.45) is 5.92 Å². The van der Waals surface area contributed by atoms with Crippen molar-refractivity contribution in [2.75, 3.05) is 6.61 Å². The van der Waals surface area contributed by atoms with Crippen LogP contribution in [0.2, 0.25) is 36.3 Å². The largest absolute Gasteiger partial charge is 0.414 e. The first kappa shape index (κ1) is 32.7. The van der Waals surface area contributed by atoms with E-state index < -0.39 is 57.5 Å². The maximum Gasteiger partial charge on any atom is 0.340 e. The average molecular weight is 619 g/mol. The maximum atomic E-state index is 15.1. The SMILES string of the molecule is CC(C)(C)[Si](C)(C)OC[C@@]1(C2CC2)O[C@@H](n2cc(F)c(=O)n(C(=O)c3ccccc3)c2=O)C[C@@H]1O[Si](C)(C)C(C)(C)C. The quantitative estimate of drug-likeness (QED) is 0.322. The molecule has 232 valence electrons. The molecular formula is C31H47FN2O6Si2. The summed E-state index contributed by atoms with van der Waals surface area (Å²) < 4.78 is 37.2. The number of hydrogen-bond acceptors (Lipinski definition) is 6. The Morgan fingerprint density at radius 2 is 1.57 bits per heavy atom. The first-order chi connectivity index (χ1) is 19.2. The van der Waals surface area contributed by atoms with Gasteiger partial charge >= 0.3 is 5.69 Å². The van der Waals surface area contributed by atoms with Crippen molar-refractivity contribution >= 4 is 22.5 Å². The van der Waals surface area contributed by atoms with Crippen LogP contribution in [0.3, 0.4) is 0 Å². The summed E-state index contributed by atoms with van der Waals surface area (Å²) in [4.78, 5) is 39.7. The van der Waals surface area contributed by atoms with Crippen LogP contribution in [0, 0.1) is 11.7 Å². The van der Waals surface area contributed by atoms with Gasteiger partial charge in [0.25, 0.3) is 11.5 Å². The molecule has 42 heavy (non-hydrogen) atoms. The van der Waals surface area contributed by atoms with Gasteiger partial charge in [-0.3, -0.25) is 14.2 Å².